The van der Waals surface area contributed by atoms with Crippen LogP contribution in [-0.2, 0) is 0 Å². The zero-order valence-corrected chi connectivity index (χ0v) is 11.2. The van der Waals surface area contributed by atoms with Gasteiger partial charge < -0.3 is 4.74 Å². The number of non-ortho nitro benzene ring substituents is 1. The molecule has 0 aliphatic carbocycles. The molecule has 0 heterocycles. The molecule has 3 aromatic rings. The van der Waals surface area contributed by atoms with E-state index in [9.17, 15) is 10.1 Å². The van der Waals surface area contributed by atoms with Crippen molar-refractivity contribution >= 4 is 27.2 Å². The molecule has 0 radical (unpaired) electrons. The van der Waals surface area contributed by atoms with Crippen LogP contribution < -0.4 is 4.74 Å². The van der Waals surface area contributed by atoms with E-state index in [2.05, 4.69) is 0 Å². The van der Waals surface area contributed by atoms with E-state index in [-0.39, 0.29) is 10.6 Å². The first-order valence-corrected chi connectivity index (χ1v) is 6.25. The van der Waals surface area contributed by atoms with Crippen LogP contribution in [0.4, 0.5) is 5.69 Å². The van der Waals surface area contributed by atoms with Crippen molar-refractivity contribution in [1.82, 2.24) is 0 Å². The summed E-state index contributed by atoms with van der Waals surface area (Å²) in [5, 5.41) is 14.7. The molecular formula is C16H13NO3. The second-order valence-electron chi connectivity index (χ2n) is 4.80. The van der Waals surface area contributed by atoms with Crippen molar-refractivity contribution in [2.24, 2.45) is 0 Å². The predicted octanol–water partition coefficient (Wildman–Crippen LogP) is 4.22. The highest BCUT2D eigenvalue weighted by Crippen LogP contribution is 2.36. The van der Waals surface area contributed by atoms with Gasteiger partial charge in [-0.1, -0.05) is 17.7 Å². The number of rotatable bonds is 2. The molecule has 3 rings (SSSR count). The molecule has 0 fully saturated rings. The number of hydrogen-bond acceptors (Lipinski definition) is 3. The fourth-order valence-corrected chi connectivity index (χ4v) is 2.51. The Bertz CT molecular complexity index is 840. The highest BCUT2D eigenvalue weighted by Gasteiger charge is 2.12. The highest BCUT2D eigenvalue weighted by atomic mass is 16.6. The Balaban J connectivity index is 2.46. The monoisotopic (exact) mass is 267 g/mol. The molecule has 0 unspecified atom stereocenters. The summed E-state index contributed by atoms with van der Waals surface area (Å²) in [5.74, 6) is 0.685. The fraction of sp³-hybridized carbons (Fsp3) is 0.125. The highest BCUT2D eigenvalue weighted by molar-refractivity contribution is 6.06. The first-order valence-electron chi connectivity index (χ1n) is 6.25. The van der Waals surface area contributed by atoms with Crippen LogP contribution in [0.2, 0.25) is 0 Å². The zero-order valence-electron chi connectivity index (χ0n) is 11.2. The molecule has 0 amide bonds. The van der Waals surface area contributed by atoms with Gasteiger partial charge in [0.2, 0.25) is 0 Å². The smallest absolute Gasteiger partial charge is 0.270 e. The Labute approximate surface area is 115 Å². The summed E-state index contributed by atoms with van der Waals surface area (Å²) in [6.07, 6.45) is 0. The second kappa shape index (κ2) is 4.49. The standard InChI is InChI=1S/C16H13NO3/c1-10-3-4-11-8-12-5-6-13(17(18)19)9-15(12)16(20-2)14(11)7-10/h3-9H,1-2H3. The van der Waals surface area contributed by atoms with Crippen LogP contribution in [0.25, 0.3) is 21.5 Å². The van der Waals surface area contributed by atoms with Crippen molar-refractivity contribution in [1.29, 1.82) is 0 Å². The van der Waals surface area contributed by atoms with Gasteiger partial charge in [0, 0.05) is 22.9 Å². The van der Waals surface area contributed by atoms with Crippen molar-refractivity contribution in [3.05, 3.63) is 58.1 Å². The van der Waals surface area contributed by atoms with E-state index in [1.165, 1.54) is 6.07 Å². The molecule has 3 aromatic carbocycles. The molecule has 0 saturated heterocycles. The minimum Gasteiger partial charge on any atom is -0.495 e. The lowest BCUT2D eigenvalue weighted by atomic mass is 10.00. The Hall–Kier alpha value is -2.62. The van der Waals surface area contributed by atoms with Crippen LogP contribution in [0, 0.1) is 17.0 Å². The molecule has 100 valence electrons. The number of aryl methyl sites for hydroxylation is 1. The van der Waals surface area contributed by atoms with Gasteiger partial charge in [0.05, 0.1) is 12.0 Å². The molecule has 4 heteroatoms. The van der Waals surface area contributed by atoms with E-state index < -0.39 is 0 Å². The molecule has 0 spiro atoms. The minimum atomic E-state index is -0.390. The predicted molar refractivity (Wildman–Crippen MR) is 79.4 cm³/mol. The average molecular weight is 267 g/mol. The van der Waals surface area contributed by atoms with Gasteiger partial charge in [0.15, 0.2) is 0 Å². The summed E-state index contributed by atoms with van der Waals surface area (Å²) in [4.78, 5) is 10.5. The van der Waals surface area contributed by atoms with Gasteiger partial charge in [-0.3, -0.25) is 10.1 Å². The maximum Gasteiger partial charge on any atom is 0.270 e. The number of nitrogens with zero attached hydrogens (tertiary/aromatic N) is 1. The third-order valence-electron chi connectivity index (χ3n) is 3.46. The molecule has 0 atom stereocenters. The topological polar surface area (TPSA) is 52.4 Å². The Morgan fingerprint density at radius 1 is 1.00 bits per heavy atom. The summed E-state index contributed by atoms with van der Waals surface area (Å²) < 4.78 is 5.51. The summed E-state index contributed by atoms with van der Waals surface area (Å²) >= 11 is 0. The number of nitro benzene ring substituents is 1. The second-order valence-corrected chi connectivity index (χ2v) is 4.80. The van der Waals surface area contributed by atoms with E-state index in [4.69, 9.17) is 4.74 Å². The lowest BCUT2D eigenvalue weighted by Gasteiger charge is -2.10. The van der Waals surface area contributed by atoms with Gasteiger partial charge in [-0.2, -0.15) is 0 Å². The summed E-state index contributed by atoms with van der Waals surface area (Å²) in [7, 11) is 1.59. The zero-order chi connectivity index (χ0) is 14.3. The fourth-order valence-electron chi connectivity index (χ4n) is 2.51. The van der Waals surface area contributed by atoms with Gasteiger partial charge in [0.1, 0.15) is 5.75 Å². The maximum absolute atomic E-state index is 10.9. The lowest BCUT2D eigenvalue weighted by Crippen LogP contribution is -1.91. The molecule has 0 aliphatic rings. The SMILES string of the molecule is COc1c2cc(C)ccc2cc2ccc([N+](=O)[O-])cc12. The van der Waals surface area contributed by atoms with Crippen molar-refractivity contribution in [3.63, 3.8) is 0 Å². The number of fused-ring (bicyclic) bond motifs is 2. The molecule has 0 aliphatic heterocycles. The van der Waals surface area contributed by atoms with E-state index in [1.807, 2.05) is 31.2 Å². The van der Waals surface area contributed by atoms with Gasteiger partial charge in [-0.15, -0.1) is 0 Å². The number of hydrogen-bond donors (Lipinski definition) is 0. The van der Waals surface area contributed by atoms with E-state index in [0.717, 1.165) is 27.1 Å². The lowest BCUT2D eigenvalue weighted by molar-refractivity contribution is -0.384. The third kappa shape index (κ3) is 1.86. The van der Waals surface area contributed by atoms with Gasteiger partial charge in [-0.05, 0) is 35.9 Å². The number of ether oxygens (including phenoxy) is 1. The Morgan fingerprint density at radius 3 is 2.30 bits per heavy atom. The van der Waals surface area contributed by atoms with Gasteiger partial charge in [-0.25, -0.2) is 0 Å². The Kier molecular flexibility index (Phi) is 2.79. The van der Waals surface area contributed by atoms with E-state index in [0.29, 0.717) is 5.75 Å². The maximum atomic E-state index is 10.9. The summed E-state index contributed by atoms with van der Waals surface area (Å²) in [5.41, 5.74) is 1.20. The molecule has 20 heavy (non-hydrogen) atoms. The van der Waals surface area contributed by atoms with Crippen molar-refractivity contribution in [3.8, 4) is 5.75 Å². The van der Waals surface area contributed by atoms with Crippen LogP contribution >= 0.6 is 0 Å². The number of benzene rings is 3. The first-order chi connectivity index (χ1) is 9.60. The van der Waals surface area contributed by atoms with Crippen molar-refractivity contribution in [2.45, 2.75) is 6.92 Å². The van der Waals surface area contributed by atoms with Crippen molar-refractivity contribution < 1.29 is 9.66 Å². The largest absolute Gasteiger partial charge is 0.495 e. The average Bonchev–Trinajstić information content (AvgIpc) is 2.44. The normalized spacial score (nSPS) is 10.9. The van der Waals surface area contributed by atoms with Crippen LogP contribution in [0.5, 0.6) is 5.75 Å². The van der Waals surface area contributed by atoms with Crippen molar-refractivity contribution in [2.75, 3.05) is 7.11 Å². The quantitative estimate of drug-likeness (QED) is 0.397. The van der Waals surface area contributed by atoms with E-state index >= 15 is 0 Å². The summed E-state index contributed by atoms with van der Waals surface area (Å²) in [6, 6.07) is 13.0. The number of nitro groups is 1. The molecule has 0 bridgehead atoms. The minimum absolute atomic E-state index is 0.0720. The van der Waals surface area contributed by atoms with Crippen LogP contribution in [0.3, 0.4) is 0 Å². The number of methoxy groups -OCH3 is 1. The third-order valence-corrected chi connectivity index (χ3v) is 3.46. The van der Waals surface area contributed by atoms with Crippen LogP contribution in [0.1, 0.15) is 5.56 Å². The van der Waals surface area contributed by atoms with Gasteiger partial charge in [0.25, 0.3) is 5.69 Å². The molecule has 0 saturated carbocycles. The molecular weight excluding hydrogens is 254 g/mol. The van der Waals surface area contributed by atoms with Crippen LogP contribution in [0.15, 0.2) is 42.5 Å². The van der Waals surface area contributed by atoms with Gasteiger partial charge >= 0.3 is 0 Å². The van der Waals surface area contributed by atoms with E-state index in [1.54, 1.807) is 19.2 Å². The molecule has 0 N–H and O–H groups in total. The summed E-state index contributed by atoms with van der Waals surface area (Å²) in [6.45, 7) is 2.01. The molecule has 4 nitrogen and oxygen atoms in total. The molecule has 0 aromatic heterocycles. The Morgan fingerprint density at radius 2 is 1.65 bits per heavy atom. The van der Waals surface area contributed by atoms with Crippen LogP contribution in [-0.4, -0.2) is 12.0 Å². The first kappa shape index (κ1) is 12.4.